The van der Waals surface area contributed by atoms with E-state index in [2.05, 4.69) is 10.3 Å². The second-order valence-corrected chi connectivity index (χ2v) is 6.14. The van der Waals surface area contributed by atoms with E-state index in [0.717, 1.165) is 5.56 Å². The van der Waals surface area contributed by atoms with Crippen LogP contribution in [0.2, 0.25) is 0 Å². The SMILES string of the molecule is Cc1c(C(=O)ON2C(=O)c3ccccc3C2=O)nnn1Cc1ccc(F)cc1. The van der Waals surface area contributed by atoms with E-state index >= 15 is 0 Å². The van der Waals surface area contributed by atoms with Crippen molar-refractivity contribution in [1.29, 1.82) is 0 Å². The third-order valence-corrected chi connectivity index (χ3v) is 4.35. The van der Waals surface area contributed by atoms with E-state index in [1.807, 2.05) is 0 Å². The van der Waals surface area contributed by atoms with Crippen molar-refractivity contribution in [1.82, 2.24) is 20.1 Å². The lowest BCUT2D eigenvalue weighted by atomic mass is 10.1. The highest BCUT2D eigenvalue weighted by molar-refractivity contribution is 6.21. The Morgan fingerprint density at radius 2 is 1.64 bits per heavy atom. The van der Waals surface area contributed by atoms with Crippen LogP contribution in [0.1, 0.15) is 42.5 Å². The predicted molar refractivity (Wildman–Crippen MR) is 92.6 cm³/mol. The lowest BCUT2D eigenvalue weighted by Gasteiger charge is -2.11. The van der Waals surface area contributed by atoms with Crippen molar-refractivity contribution in [3.05, 3.63) is 82.4 Å². The number of nitrogens with zero attached hydrogens (tertiary/aromatic N) is 4. The molecule has 0 unspecified atom stereocenters. The zero-order valence-electron chi connectivity index (χ0n) is 14.6. The van der Waals surface area contributed by atoms with Crippen LogP contribution in [-0.4, -0.2) is 37.8 Å². The van der Waals surface area contributed by atoms with Crippen LogP contribution in [0.3, 0.4) is 0 Å². The molecule has 0 fully saturated rings. The Morgan fingerprint density at radius 1 is 1.04 bits per heavy atom. The second-order valence-electron chi connectivity index (χ2n) is 6.14. The topological polar surface area (TPSA) is 94.4 Å². The van der Waals surface area contributed by atoms with Crippen molar-refractivity contribution in [2.75, 3.05) is 0 Å². The molecule has 1 aliphatic rings. The van der Waals surface area contributed by atoms with E-state index in [0.29, 0.717) is 10.8 Å². The Balaban J connectivity index is 1.52. The molecular formula is C19H13FN4O4. The van der Waals surface area contributed by atoms with Gasteiger partial charge in [0.05, 0.1) is 23.4 Å². The number of halogens is 1. The monoisotopic (exact) mass is 380 g/mol. The molecule has 1 aromatic heterocycles. The molecule has 0 saturated carbocycles. The van der Waals surface area contributed by atoms with Crippen LogP contribution in [0.4, 0.5) is 4.39 Å². The third-order valence-electron chi connectivity index (χ3n) is 4.35. The van der Waals surface area contributed by atoms with Gasteiger partial charge in [0.2, 0.25) is 0 Å². The summed E-state index contributed by atoms with van der Waals surface area (Å²) in [6, 6.07) is 12.0. The van der Waals surface area contributed by atoms with E-state index in [1.54, 1.807) is 31.2 Å². The number of amides is 2. The number of rotatable bonds is 4. The van der Waals surface area contributed by atoms with Crippen LogP contribution in [0.25, 0.3) is 0 Å². The highest BCUT2D eigenvalue weighted by Crippen LogP contribution is 2.23. The number of hydroxylamine groups is 2. The highest BCUT2D eigenvalue weighted by Gasteiger charge is 2.39. The van der Waals surface area contributed by atoms with Gasteiger partial charge in [0.15, 0.2) is 5.69 Å². The van der Waals surface area contributed by atoms with Crippen molar-refractivity contribution in [3.8, 4) is 0 Å². The van der Waals surface area contributed by atoms with Gasteiger partial charge in [-0.2, -0.15) is 0 Å². The fourth-order valence-electron chi connectivity index (χ4n) is 2.84. The Hall–Kier alpha value is -3.88. The molecule has 2 aromatic carbocycles. The van der Waals surface area contributed by atoms with Gasteiger partial charge in [-0.25, -0.2) is 13.9 Å². The van der Waals surface area contributed by atoms with Crippen molar-refractivity contribution in [3.63, 3.8) is 0 Å². The summed E-state index contributed by atoms with van der Waals surface area (Å²) in [6.45, 7) is 1.86. The van der Waals surface area contributed by atoms with Gasteiger partial charge in [0.25, 0.3) is 11.8 Å². The summed E-state index contributed by atoms with van der Waals surface area (Å²) in [7, 11) is 0. The molecule has 2 amide bonds. The Labute approximate surface area is 158 Å². The van der Waals surface area contributed by atoms with Crippen molar-refractivity contribution >= 4 is 17.8 Å². The Kier molecular flexibility index (Phi) is 4.19. The largest absolute Gasteiger partial charge is 0.385 e. The van der Waals surface area contributed by atoms with Gasteiger partial charge < -0.3 is 4.84 Å². The molecule has 8 nitrogen and oxygen atoms in total. The summed E-state index contributed by atoms with van der Waals surface area (Å²) in [5.41, 5.74) is 1.34. The van der Waals surface area contributed by atoms with E-state index in [-0.39, 0.29) is 29.2 Å². The fourth-order valence-corrected chi connectivity index (χ4v) is 2.84. The first kappa shape index (κ1) is 17.5. The first-order valence-electron chi connectivity index (χ1n) is 8.30. The smallest absolute Gasteiger partial charge is 0.322 e. The van der Waals surface area contributed by atoms with E-state index in [1.165, 1.54) is 28.9 Å². The van der Waals surface area contributed by atoms with Crippen LogP contribution < -0.4 is 0 Å². The number of aromatic nitrogens is 3. The molecule has 0 radical (unpaired) electrons. The van der Waals surface area contributed by atoms with Gasteiger partial charge in [-0.15, -0.1) is 5.10 Å². The molecule has 9 heteroatoms. The van der Waals surface area contributed by atoms with E-state index in [9.17, 15) is 18.8 Å². The first-order chi connectivity index (χ1) is 13.5. The molecule has 0 atom stereocenters. The van der Waals surface area contributed by atoms with Gasteiger partial charge in [0, 0.05) is 0 Å². The maximum absolute atomic E-state index is 13.0. The van der Waals surface area contributed by atoms with Gasteiger partial charge in [0.1, 0.15) is 5.82 Å². The number of carbonyl (C=O) groups excluding carboxylic acids is 3. The normalized spacial score (nSPS) is 13.0. The zero-order chi connectivity index (χ0) is 19.8. The number of carbonyl (C=O) groups is 3. The van der Waals surface area contributed by atoms with Gasteiger partial charge in [-0.05, 0) is 36.8 Å². The summed E-state index contributed by atoms with van der Waals surface area (Å²) < 4.78 is 14.5. The lowest BCUT2D eigenvalue weighted by molar-refractivity contribution is -0.0589. The third kappa shape index (κ3) is 2.92. The van der Waals surface area contributed by atoms with Crippen LogP contribution in [0, 0.1) is 12.7 Å². The molecule has 4 rings (SSSR count). The maximum atomic E-state index is 13.0. The van der Waals surface area contributed by atoms with Gasteiger partial charge >= 0.3 is 5.97 Å². The number of benzene rings is 2. The number of imide groups is 1. The highest BCUT2D eigenvalue weighted by atomic mass is 19.1. The summed E-state index contributed by atoms with van der Waals surface area (Å²) in [4.78, 5) is 42.0. The van der Waals surface area contributed by atoms with Crippen molar-refractivity contribution in [2.24, 2.45) is 0 Å². The van der Waals surface area contributed by atoms with E-state index < -0.39 is 17.8 Å². The molecule has 2 heterocycles. The molecule has 28 heavy (non-hydrogen) atoms. The van der Waals surface area contributed by atoms with E-state index in [4.69, 9.17) is 4.84 Å². The molecule has 0 saturated heterocycles. The average molecular weight is 380 g/mol. The summed E-state index contributed by atoms with van der Waals surface area (Å²) in [5, 5.41) is 8.10. The standard InChI is InChI=1S/C19H13FN4O4/c1-11-16(21-22-23(11)10-12-6-8-13(20)9-7-12)19(27)28-24-17(25)14-4-2-3-5-15(14)18(24)26/h2-9H,10H2,1H3. The molecular weight excluding hydrogens is 367 g/mol. The molecule has 3 aromatic rings. The first-order valence-corrected chi connectivity index (χ1v) is 8.30. The van der Waals surface area contributed by atoms with Gasteiger partial charge in [-0.1, -0.05) is 34.5 Å². The van der Waals surface area contributed by atoms with Crippen molar-refractivity contribution < 1.29 is 23.6 Å². The number of fused-ring (bicyclic) bond motifs is 1. The minimum Gasteiger partial charge on any atom is -0.322 e. The summed E-state index contributed by atoms with van der Waals surface area (Å²) in [5.74, 6) is -2.77. The van der Waals surface area contributed by atoms with Crippen LogP contribution in [0.5, 0.6) is 0 Å². The van der Waals surface area contributed by atoms with Gasteiger partial charge in [-0.3, -0.25) is 9.59 Å². The molecule has 140 valence electrons. The second kappa shape index (κ2) is 6.69. The Morgan fingerprint density at radius 3 is 2.25 bits per heavy atom. The molecule has 1 aliphatic heterocycles. The van der Waals surface area contributed by atoms with Crippen molar-refractivity contribution in [2.45, 2.75) is 13.5 Å². The van der Waals surface area contributed by atoms with Crippen LogP contribution >= 0.6 is 0 Å². The molecule has 0 N–H and O–H groups in total. The predicted octanol–water partition coefficient (Wildman–Crippen LogP) is 2.14. The molecule has 0 spiro atoms. The van der Waals surface area contributed by atoms with Crippen LogP contribution in [-0.2, 0) is 11.4 Å². The minimum absolute atomic E-state index is 0.126. The molecule has 0 bridgehead atoms. The number of hydrogen-bond donors (Lipinski definition) is 0. The van der Waals surface area contributed by atoms with Crippen LogP contribution in [0.15, 0.2) is 48.5 Å². The molecule has 0 aliphatic carbocycles. The average Bonchev–Trinajstić information content (AvgIpc) is 3.17. The zero-order valence-corrected chi connectivity index (χ0v) is 14.6. The Bertz CT molecular complexity index is 1070. The lowest BCUT2D eigenvalue weighted by Crippen LogP contribution is -2.33. The summed E-state index contributed by atoms with van der Waals surface area (Å²) in [6.07, 6.45) is 0. The minimum atomic E-state index is -0.975. The summed E-state index contributed by atoms with van der Waals surface area (Å²) >= 11 is 0. The number of hydrogen-bond acceptors (Lipinski definition) is 6. The quantitative estimate of drug-likeness (QED) is 0.644. The maximum Gasteiger partial charge on any atom is 0.385 e. The fraction of sp³-hybridized carbons (Fsp3) is 0.105.